The van der Waals surface area contributed by atoms with Crippen LogP contribution < -0.4 is 0 Å². The Morgan fingerprint density at radius 1 is 0.483 bits per heavy atom. The molecule has 2 fully saturated rings. The van der Waals surface area contributed by atoms with E-state index < -0.39 is 11.9 Å². The molecule has 0 saturated heterocycles. The van der Waals surface area contributed by atoms with Gasteiger partial charge in [-0.25, -0.2) is 0 Å². The largest absolute Gasteiger partial charge is 0.507 e. The molecule has 2 saturated carbocycles. The molecule has 6 aromatic rings. The number of phenolic OH excluding ortho intramolecular Hbond substituents is 2. The van der Waals surface area contributed by atoms with Gasteiger partial charge in [-0.2, -0.15) is 0 Å². The van der Waals surface area contributed by atoms with Crippen LogP contribution >= 0.6 is 0 Å². The number of hydrogen-bond acceptors (Lipinski definition) is 3. The van der Waals surface area contributed by atoms with Gasteiger partial charge < -0.3 is 15.3 Å². The maximum absolute atomic E-state index is 13.9. The Morgan fingerprint density at radius 3 is 1.19 bits per heavy atom. The average molecular weight is 769 g/mol. The van der Waals surface area contributed by atoms with Crippen molar-refractivity contribution < 1.29 is 20.1 Å². The number of hydrogen-bond donors (Lipinski definition) is 3. The van der Waals surface area contributed by atoms with E-state index in [1.165, 1.54) is 11.1 Å². The number of phenols is 2. The molecule has 0 aliphatic heterocycles. The SMILES string of the molecule is CC(c1ccccc1)c1cc(C2CCCC(c3ccccc3)C2)c(O)c(C(C(=O)O)c2cc(C(C)c3ccccc3)cc(C3CCCC(c4ccccc4)C3)c2O)c1. The number of carboxylic acid groups (broad SMARTS) is 1. The van der Waals surface area contributed by atoms with Gasteiger partial charge in [0, 0.05) is 23.0 Å². The van der Waals surface area contributed by atoms with Gasteiger partial charge in [-0.15, -0.1) is 0 Å². The van der Waals surface area contributed by atoms with Crippen LogP contribution in [0.25, 0.3) is 0 Å². The Bertz CT molecular complexity index is 2140. The second-order valence-electron chi connectivity index (χ2n) is 17.1. The summed E-state index contributed by atoms with van der Waals surface area (Å²) in [6, 6.07) is 49.9. The van der Waals surface area contributed by atoms with Gasteiger partial charge >= 0.3 is 5.97 Å². The van der Waals surface area contributed by atoms with Crippen LogP contribution in [0.5, 0.6) is 11.5 Å². The highest BCUT2D eigenvalue weighted by Crippen LogP contribution is 2.51. The summed E-state index contributed by atoms with van der Waals surface area (Å²) in [6.07, 6.45) is 7.80. The van der Waals surface area contributed by atoms with E-state index in [4.69, 9.17) is 0 Å². The zero-order valence-corrected chi connectivity index (χ0v) is 33.8. The first-order valence-corrected chi connectivity index (χ1v) is 21.4. The summed E-state index contributed by atoms with van der Waals surface area (Å²) in [5.74, 6) is -1.57. The number of rotatable bonds is 11. The fraction of sp³-hybridized carbons (Fsp3) is 0.315. The highest BCUT2D eigenvalue weighted by molar-refractivity contribution is 5.83. The van der Waals surface area contributed by atoms with Gasteiger partial charge in [0.2, 0.25) is 0 Å². The van der Waals surface area contributed by atoms with Crippen LogP contribution in [-0.4, -0.2) is 21.3 Å². The monoisotopic (exact) mass is 768 g/mol. The summed E-state index contributed by atoms with van der Waals surface area (Å²) < 4.78 is 0. The Morgan fingerprint density at radius 2 is 0.828 bits per heavy atom. The molecule has 0 aromatic heterocycles. The second-order valence-corrected chi connectivity index (χ2v) is 17.1. The molecule has 6 aromatic carbocycles. The summed E-state index contributed by atoms with van der Waals surface area (Å²) in [5.41, 5.74) is 9.12. The van der Waals surface area contributed by atoms with Crippen LogP contribution in [0.4, 0.5) is 0 Å². The van der Waals surface area contributed by atoms with Crippen molar-refractivity contribution >= 4 is 5.97 Å². The first-order valence-electron chi connectivity index (χ1n) is 21.4. The predicted molar refractivity (Wildman–Crippen MR) is 234 cm³/mol. The molecule has 6 atom stereocenters. The van der Waals surface area contributed by atoms with E-state index in [-0.39, 0.29) is 35.2 Å². The molecular weight excluding hydrogens is 713 g/mol. The topological polar surface area (TPSA) is 77.8 Å². The van der Waals surface area contributed by atoms with Crippen LogP contribution in [-0.2, 0) is 4.79 Å². The van der Waals surface area contributed by atoms with E-state index in [9.17, 15) is 20.1 Å². The summed E-state index contributed by atoms with van der Waals surface area (Å²) in [7, 11) is 0. The van der Waals surface area contributed by atoms with Crippen LogP contribution in [0, 0.1) is 0 Å². The van der Waals surface area contributed by atoms with E-state index in [0.29, 0.717) is 23.0 Å². The predicted octanol–water partition coefficient (Wildman–Crippen LogP) is 13.5. The summed E-state index contributed by atoms with van der Waals surface area (Å²) >= 11 is 0. The van der Waals surface area contributed by atoms with Crippen molar-refractivity contribution in [2.75, 3.05) is 0 Å². The molecule has 0 bridgehead atoms. The Balaban J connectivity index is 1.28. The number of carbonyl (C=O) groups is 1. The smallest absolute Gasteiger partial charge is 0.315 e. The molecule has 2 aliphatic rings. The second kappa shape index (κ2) is 17.5. The highest BCUT2D eigenvalue weighted by atomic mass is 16.4. The van der Waals surface area contributed by atoms with Crippen molar-refractivity contribution in [3.05, 3.63) is 201 Å². The minimum absolute atomic E-state index is 0.0411. The lowest BCUT2D eigenvalue weighted by Crippen LogP contribution is -2.19. The maximum atomic E-state index is 13.9. The standard InChI is InChI=1S/C54H56O4/c1-35(37-17-7-3-8-18-37)45-31-47(43-27-15-25-41(29-43)39-21-11-5-12-22-39)52(55)49(33-45)51(54(57)58)50-34-46(36(2)38-19-9-4-10-20-38)32-48(53(50)56)44-28-16-26-42(30-44)40-23-13-6-14-24-40/h3-14,17-24,31-36,41-44,51,55-56H,15-16,25-30H2,1-2H3,(H,57,58). The zero-order chi connectivity index (χ0) is 40.2. The minimum atomic E-state index is -1.29. The van der Waals surface area contributed by atoms with Crippen LogP contribution in [0.3, 0.4) is 0 Å². The summed E-state index contributed by atoms with van der Waals surface area (Å²) in [5, 5.41) is 36.5. The molecule has 8 rings (SSSR count). The quantitative estimate of drug-likeness (QED) is 0.123. The van der Waals surface area contributed by atoms with Gasteiger partial charge in [-0.1, -0.05) is 172 Å². The van der Waals surface area contributed by atoms with Gasteiger partial charge in [-0.3, -0.25) is 4.79 Å². The van der Waals surface area contributed by atoms with Crippen LogP contribution in [0.1, 0.15) is 162 Å². The molecule has 0 heterocycles. The third-order valence-electron chi connectivity index (χ3n) is 13.6. The molecule has 0 amide bonds. The molecule has 3 N–H and O–H groups in total. The first-order chi connectivity index (χ1) is 28.3. The molecule has 6 unspecified atom stereocenters. The third kappa shape index (κ3) is 8.21. The van der Waals surface area contributed by atoms with E-state index in [2.05, 4.69) is 111 Å². The van der Waals surface area contributed by atoms with Gasteiger partial charge in [0.15, 0.2) is 0 Å². The van der Waals surface area contributed by atoms with Crippen molar-refractivity contribution in [1.82, 2.24) is 0 Å². The molecule has 58 heavy (non-hydrogen) atoms. The summed E-state index contributed by atoms with van der Waals surface area (Å²) in [6.45, 7) is 4.31. The summed E-state index contributed by atoms with van der Waals surface area (Å²) in [4.78, 5) is 13.9. The van der Waals surface area contributed by atoms with Gasteiger partial charge in [0.25, 0.3) is 0 Å². The fourth-order valence-electron chi connectivity index (χ4n) is 10.3. The lowest BCUT2D eigenvalue weighted by molar-refractivity contribution is -0.137. The fourth-order valence-corrected chi connectivity index (χ4v) is 10.3. The number of aromatic hydroxyl groups is 2. The number of aliphatic carboxylic acids is 1. The minimum Gasteiger partial charge on any atom is -0.507 e. The Hall–Kier alpha value is -5.61. The van der Waals surface area contributed by atoms with E-state index in [1.54, 1.807) is 0 Å². The number of carboxylic acids is 1. The molecule has 0 spiro atoms. The highest BCUT2D eigenvalue weighted by Gasteiger charge is 2.36. The zero-order valence-electron chi connectivity index (χ0n) is 33.8. The lowest BCUT2D eigenvalue weighted by Gasteiger charge is -2.33. The van der Waals surface area contributed by atoms with E-state index in [0.717, 1.165) is 84.7 Å². The Kier molecular flexibility index (Phi) is 11.8. The van der Waals surface area contributed by atoms with Crippen molar-refractivity contribution in [2.24, 2.45) is 0 Å². The molecule has 0 radical (unpaired) electrons. The van der Waals surface area contributed by atoms with Crippen molar-refractivity contribution in [1.29, 1.82) is 0 Å². The lowest BCUT2D eigenvalue weighted by atomic mass is 9.72. The maximum Gasteiger partial charge on any atom is 0.315 e. The van der Waals surface area contributed by atoms with Gasteiger partial charge in [0.05, 0.1) is 0 Å². The third-order valence-corrected chi connectivity index (χ3v) is 13.6. The van der Waals surface area contributed by atoms with Gasteiger partial charge in [-0.05, 0) is 107 Å². The molecule has 2 aliphatic carbocycles. The molecule has 296 valence electrons. The molecule has 4 nitrogen and oxygen atoms in total. The average Bonchev–Trinajstić information content (AvgIpc) is 3.28. The van der Waals surface area contributed by atoms with Crippen molar-refractivity contribution in [2.45, 2.75) is 107 Å². The molecular formula is C54H56O4. The van der Waals surface area contributed by atoms with E-state index in [1.807, 2.05) is 48.5 Å². The normalized spacial score (nSPS) is 21.1. The van der Waals surface area contributed by atoms with Crippen LogP contribution in [0.15, 0.2) is 146 Å². The van der Waals surface area contributed by atoms with Crippen molar-refractivity contribution in [3.8, 4) is 11.5 Å². The molecule has 4 heteroatoms. The van der Waals surface area contributed by atoms with Crippen LogP contribution in [0.2, 0.25) is 0 Å². The number of benzene rings is 6. The van der Waals surface area contributed by atoms with Gasteiger partial charge in [0.1, 0.15) is 17.4 Å². The van der Waals surface area contributed by atoms with E-state index >= 15 is 0 Å². The Labute approximate surface area is 344 Å². The van der Waals surface area contributed by atoms with Crippen molar-refractivity contribution in [3.63, 3.8) is 0 Å². The first kappa shape index (κ1) is 39.2.